The Kier molecular flexibility index (Phi) is 15.9. The standard InChI is InChI=1S/C71H72N4O10/c1-43(76)24-28-74-62-19-18-57-65(81)21-20-63-69(57)60(62)42-75(63)64(49-34-66(82)70(67(35-49)83-3)85-56-31-46(30-53(79)38-56)29-45-11-5-4-6-12-45)39-54(80)37-55(84-44(2)77)22-26-71-25-8-7-14-51(71)15-10-17-61(71)59-41-72-40-50(59)33-58(47-13-9-16-52(78)32-47)48-23-27-73-68(74)36-48/h4-14,16-19,23,25,30-32,34-36,38,40-42,51,55,58,61,64-65,72-73,78-79,81-82H,15,20-22,24,26-29,33,37,39H2,1-3H3. The number of hydrogen-bond donors (Lipinski definition) is 6. The van der Waals surface area contributed by atoms with E-state index in [0.717, 1.165) is 73.3 Å². The maximum atomic E-state index is 15.3. The Bertz CT molecular complexity index is 3870. The molecule has 4 heterocycles. The summed E-state index contributed by atoms with van der Waals surface area (Å²) in [7, 11) is 1.48. The van der Waals surface area contributed by atoms with Crippen molar-refractivity contribution in [3.63, 3.8) is 0 Å². The van der Waals surface area contributed by atoms with Gasteiger partial charge in [-0.3, -0.25) is 14.4 Å². The molecule has 7 unspecified atom stereocenters. The third-order valence-corrected chi connectivity index (χ3v) is 18.0. The van der Waals surface area contributed by atoms with Crippen LogP contribution in [0.4, 0.5) is 5.69 Å². The number of carbonyl (C=O) groups excluding carboxylic acids is 3. The van der Waals surface area contributed by atoms with Gasteiger partial charge in [0.05, 0.1) is 24.9 Å². The van der Waals surface area contributed by atoms with Gasteiger partial charge in [-0.2, -0.15) is 0 Å². The molecular weight excluding hydrogens is 1070 g/mol. The van der Waals surface area contributed by atoms with Gasteiger partial charge >= 0.3 is 5.97 Å². The molecule has 5 aromatic carbocycles. The average Bonchev–Trinajstić information content (AvgIpc) is 1.89. The van der Waals surface area contributed by atoms with Crippen molar-refractivity contribution in [2.45, 2.75) is 108 Å². The van der Waals surface area contributed by atoms with E-state index in [1.807, 2.05) is 60.8 Å². The predicted octanol–water partition coefficient (Wildman–Crippen LogP) is 13.1. The van der Waals surface area contributed by atoms with Crippen molar-refractivity contribution in [3.8, 4) is 34.5 Å². The second-order valence-corrected chi connectivity index (χ2v) is 23.5. The second kappa shape index (κ2) is 23.9. The van der Waals surface area contributed by atoms with Gasteiger partial charge in [0.25, 0.3) is 0 Å². The Hall–Kier alpha value is -9.01. The number of esters is 1. The van der Waals surface area contributed by atoms with Crippen molar-refractivity contribution in [3.05, 3.63) is 220 Å². The molecule has 436 valence electrons. The number of ether oxygens (including phenoxy) is 3. The third kappa shape index (κ3) is 11.5. The molecule has 0 saturated heterocycles. The van der Waals surface area contributed by atoms with E-state index in [-0.39, 0.29) is 83.1 Å². The van der Waals surface area contributed by atoms with Crippen LogP contribution < -0.4 is 19.7 Å². The van der Waals surface area contributed by atoms with Crippen LogP contribution in [-0.2, 0) is 38.4 Å². The van der Waals surface area contributed by atoms with Gasteiger partial charge in [-0.1, -0.05) is 91.1 Å². The number of nitrogens with zero attached hydrogens (tertiary/aromatic N) is 2. The highest BCUT2D eigenvalue weighted by molar-refractivity contribution is 6.00. The lowest BCUT2D eigenvalue weighted by atomic mass is 9.57. The Labute approximate surface area is 495 Å². The second-order valence-electron chi connectivity index (χ2n) is 23.5. The van der Waals surface area contributed by atoms with Gasteiger partial charge in [0, 0.05) is 97.6 Å². The predicted molar refractivity (Wildman–Crippen MR) is 327 cm³/mol. The molecule has 2 aliphatic heterocycles. The number of aromatic nitrogens is 2. The summed E-state index contributed by atoms with van der Waals surface area (Å²) in [6.45, 7) is 3.76. The number of anilines is 1. The first-order chi connectivity index (χ1) is 41.2. The molecule has 85 heavy (non-hydrogen) atoms. The van der Waals surface area contributed by atoms with Gasteiger partial charge in [-0.25, -0.2) is 0 Å². The smallest absolute Gasteiger partial charge is 0.302 e. The molecule has 3 aliphatic carbocycles. The molecule has 12 rings (SSSR count). The highest BCUT2D eigenvalue weighted by Gasteiger charge is 2.46. The van der Waals surface area contributed by atoms with Crippen LogP contribution in [0.2, 0.25) is 0 Å². The number of methoxy groups -OCH3 is 1. The Balaban J connectivity index is 1.03. The largest absolute Gasteiger partial charge is 0.508 e. The third-order valence-electron chi connectivity index (χ3n) is 18.0. The van der Waals surface area contributed by atoms with Crippen LogP contribution in [0.15, 0.2) is 176 Å². The van der Waals surface area contributed by atoms with Gasteiger partial charge in [0.15, 0.2) is 11.5 Å². The van der Waals surface area contributed by atoms with Crippen LogP contribution in [0.25, 0.3) is 10.8 Å². The number of dihydropyridines is 1. The number of phenols is 3. The van der Waals surface area contributed by atoms with E-state index < -0.39 is 29.6 Å². The SMILES string of the molecule is COc1cc(C2CC(=O)CC(OC(C)=O)CCC34C=CC=CC3CC=CC4c3c[nH]cc3CC(c3cccc(O)c3)C3=CCNC(=C3)N(CCC(C)=O)c3ccc4c5c(n2cc35)CCC4O)cc(O)c1Oc1cc(O)cc(Cc2ccccc2)c1. The molecular formula is C71H72N4O10. The van der Waals surface area contributed by atoms with Crippen molar-refractivity contribution in [1.29, 1.82) is 0 Å². The summed E-state index contributed by atoms with van der Waals surface area (Å²) in [5, 5.41) is 51.3. The number of aromatic amines is 1. The lowest BCUT2D eigenvalue weighted by molar-refractivity contribution is -0.148. The lowest BCUT2D eigenvalue weighted by Crippen LogP contribution is -2.38. The fourth-order valence-electron chi connectivity index (χ4n) is 14.1. The number of allylic oxidation sites excluding steroid dienone is 8. The number of aliphatic hydroxyl groups excluding tert-OH is 1. The Morgan fingerprint density at radius 2 is 1.69 bits per heavy atom. The quantitative estimate of drug-likeness (QED) is 0.0531. The van der Waals surface area contributed by atoms with Gasteiger partial charge in [0.2, 0.25) is 5.75 Å². The maximum Gasteiger partial charge on any atom is 0.302 e. The van der Waals surface area contributed by atoms with Crippen LogP contribution >= 0.6 is 0 Å². The monoisotopic (exact) mass is 1140 g/mol. The molecule has 7 atom stereocenters. The van der Waals surface area contributed by atoms with Crippen molar-refractivity contribution in [1.82, 2.24) is 14.9 Å². The molecule has 5 aliphatic rings. The molecule has 7 aromatic rings. The summed E-state index contributed by atoms with van der Waals surface area (Å²) >= 11 is 0. The van der Waals surface area contributed by atoms with E-state index in [0.29, 0.717) is 57.2 Å². The number of Topliss-reactive ketones (excluding diaryl/α,β-unsaturated/α-hetero) is 2. The van der Waals surface area contributed by atoms with Crippen LogP contribution in [0, 0.1) is 11.3 Å². The number of benzene rings is 5. The van der Waals surface area contributed by atoms with Gasteiger partial charge in [0.1, 0.15) is 40.7 Å². The lowest BCUT2D eigenvalue weighted by Gasteiger charge is -2.47. The zero-order valence-corrected chi connectivity index (χ0v) is 48.2. The van der Waals surface area contributed by atoms with E-state index in [1.54, 1.807) is 37.3 Å². The Morgan fingerprint density at radius 1 is 0.835 bits per heavy atom. The zero-order valence-electron chi connectivity index (χ0n) is 48.2. The number of aliphatic hydroxyl groups is 1. The number of aromatic hydroxyl groups is 3. The number of nitrogens with one attached hydrogen (secondary N) is 2. The van der Waals surface area contributed by atoms with E-state index in [4.69, 9.17) is 14.2 Å². The van der Waals surface area contributed by atoms with Crippen molar-refractivity contribution in [2.75, 3.05) is 25.1 Å². The highest BCUT2D eigenvalue weighted by atomic mass is 16.5. The molecule has 0 fully saturated rings. The normalized spacial score (nSPS) is 22.9. The summed E-state index contributed by atoms with van der Waals surface area (Å²) in [6, 6.07) is 28.8. The molecule has 14 heteroatoms. The summed E-state index contributed by atoms with van der Waals surface area (Å²) in [4.78, 5) is 47.3. The fraction of sp³-hybridized carbons (Fsp3) is 0.310. The summed E-state index contributed by atoms with van der Waals surface area (Å²) in [6.07, 6.45) is 26.3. The van der Waals surface area contributed by atoms with E-state index in [1.165, 1.54) is 20.1 Å². The van der Waals surface area contributed by atoms with Gasteiger partial charge in [-0.05, 0) is 151 Å². The van der Waals surface area contributed by atoms with Crippen LogP contribution in [0.1, 0.15) is 127 Å². The zero-order chi connectivity index (χ0) is 58.9. The molecule has 4 bridgehead atoms. The minimum Gasteiger partial charge on any atom is -0.508 e. The van der Waals surface area contributed by atoms with Crippen LogP contribution in [0.3, 0.4) is 0 Å². The van der Waals surface area contributed by atoms with Crippen LogP contribution in [0.5, 0.6) is 34.5 Å². The number of fused-ring (bicyclic) bond motifs is 5. The van der Waals surface area contributed by atoms with E-state index in [2.05, 4.69) is 86.8 Å². The number of rotatable bonds is 11. The van der Waals surface area contributed by atoms with Gasteiger partial charge < -0.3 is 54.4 Å². The fourth-order valence-corrected chi connectivity index (χ4v) is 14.1. The molecule has 0 amide bonds. The number of hydrogen-bond acceptors (Lipinski definition) is 12. The number of carbonyl (C=O) groups is 3. The van der Waals surface area contributed by atoms with Crippen LogP contribution in [-0.4, -0.2) is 73.8 Å². The first-order valence-corrected chi connectivity index (χ1v) is 29.6. The molecule has 0 radical (unpaired) electrons. The molecule has 6 N–H and O–H groups in total. The minimum atomic E-state index is -0.783. The van der Waals surface area contributed by atoms with E-state index >= 15 is 4.79 Å². The number of H-pyrrole nitrogens is 1. The molecule has 1 spiro atoms. The summed E-state index contributed by atoms with van der Waals surface area (Å²) in [5.41, 5.74) is 8.53. The van der Waals surface area contributed by atoms with E-state index in [9.17, 15) is 30.0 Å². The first-order valence-electron chi connectivity index (χ1n) is 29.6. The summed E-state index contributed by atoms with van der Waals surface area (Å²) < 4.78 is 20.7. The number of phenolic OH excluding ortho intramolecular Hbond substituents is 3. The van der Waals surface area contributed by atoms with Crippen molar-refractivity contribution < 1.29 is 49.0 Å². The Morgan fingerprint density at radius 3 is 2.51 bits per heavy atom. The van der Waals surface area contributed by atoms with Crippen molar-refractivity contribution >= 4 is 34.0 Å². The molecule has 0 saturated carbocycles. The number of ketones is 2. The van der Waals surface area contributed by atoms with Crippen molar-refractivity contribution in [2.24, 2.45) is 11.3 Å². The average molecular weight is 1140 g/mol. The molecule has 14 nitrogen and oxygen atoms in total. The highest BCUT2D eigenvalue weighted by Crippen LogP contribution is 2.56. The topological polar surface area (TPSA) is 196 Å². The maximum absolute atomic E-state index is 15.3. The first kappa shape index (κ1) is 56.5. The number of aryl methyl sites for hydroxylation is 1. The summed E-state index contributed by atoms with van der Waals surface area (Å²) in [5.74, 6) is 0.283. The van der Waals surface area contributed by atoms with Gasteiger partial charge in [-0.15, -0.1) is 0 Å². The minimum absolute atomic E-state index is 0.0121. The molecule has 2 aromatic heterocycles.